The Labute approximate surface area is 105 Å². The number of rotatable bonds is 4. The van der Waals surface area contributed by atoms with Crippen molar-refractivity contribution >= 4 is 17.6 Å². The van der Waals surface area contributed by atoms with Crippen molar-refractivity contribution in [2.45, 2.75) is 31.6 Å². The highest BCUT2D eigenvalue weighted by Gasteiger charge is 2.48. The molecule has 1 N–H and O–H groups in total. The fourth-order valence-electron chi connectivity index (χ4n) is 2.47. The first-order valence-corrected chi connectivity index (χ1v) is 5.93. The normalized spacial score (nSPS) is 16.6. The van der Waals surface area contributed by atoms with Crippen LogP contribution in [0.2, 0.25) is 5.02 Å². The standard InChI is InChI=1S/C13H15ClO3/c1-8-3-4-9(14)12(17-2)11(8)13(5-6-13)7-10(15)16/h3-4H,5-7H2,1-2H3,(H,15,16). The number of methoxy groups -OCH3 is 1. The van der Waals surface area contributed by atoms with Crippen LogP contribution in [-0.4, -0.2) is 18.2 Å². The first-order valence-electron chi connectivity index (χ1n) is 5.55. The molecule has 0 unspecified atom stereocenters. The van der Waals surface area contributed by atoms with Crippen molar-refractivity contribution < 1.29 is 14.6 Å². The predicted octanol–water partition coefficient (Wildman–Crippen LogP) is 3.16. The second kappa shape index (κ2) is 4.22. The highest BCUT2D eigenvalue weighted by atomic mass is 35.5. The molecule has 1 aliphatic rings. The van der Waals surface area contributed by atoms with Gasteiger partial charge in [0.15, 0.2) is 0 Å². The average molecular weight is 255 g/mol. The van der Waals surface area contributed by atoms with Gasteiger partial charge in [-0.1, -0.05) is 17.7 Å². The summed E-state index contributed by atoms with van der Waals surface area (Å²) in [6, 6.07) is 3.71. The van der Waals surface area contributed by atoms with Gasteiger partial charge in [0.1, 0.15) is 5.75 Å². The van der Waals surface area contributed by atoms with Gasteiger partial charge in [-0.15, -0.1) is 0 Å². The third kappa shape index (κ3) is 2.12. The van der Waals surface area contributed by atoms with Gasteiger partial charge < -0.3 is 9.84 Å². The average Bonchev–Trinajstić information content (AvgIpc) is 3.00. The zero-order valence-corrected chi connectivity index (χ0v) is 10.7. The Kier molecular flexibility index (Phi) is 3.04. The van der Waals surface area contributed by atoms with E-state index in [1.54, 1.807) is 13.2 Å². The second-order valence-corrected chi connectivity index (χ2v) is 5.03. The van der Waals surface area contributed by atoms with E-state index in [0.29, 0.717) is 10.8 Å². The minimum Gasteiger partial charge on any atom is -0.495 e. The lowest BCUT2D eigenvalue weighted by Crippen LogP contribution is -2.15. The topological polar surface area (TPSA) is 46.5 Å². The molecule has 0 amide bonds. The van der Waals surface area contributed by atoms with Crippen LogP contribution >= 0.6 is 11.6 Å². The van der Waals surface area contributed by atoms with Crippen LogP contribution in [0.3, 0.4) is 0 Å². The Hall–Kier alpha value is -1.22. The van der Waals surface area contributed by atoms with Crippen molar-refractivity contribution in [2.24, 2.45) is 0 Å². The molecule has 2 rings (SSSR count). The molecule has 4 heteroatoms. The predicted molar refractivity (Wildman–Crippen MR) is 65.9 cm³/mol. The number of ether oxygens (including phenoxy) is 1. The minimum absolute atomic E-state index is 0.143. The first-order chi connectivity index (χ1) is 8.00. The number of carboxylic acid groups (broad SMARTS) is 1. The lowest BCUT2D eigenvalue weighted by atomic mass is 9.88. The van der Waals surface area contributed by atoms with Crippen molar-refractivity contribution in [3.8, 4) is 5.75 Å². The number of carboxylic acids is 1. The molecular formula is C13H15ClO3. The number of hydrogen-bond acceptors (Lipinski definition) is 2. The minimum atomic E-state index is -0.774. The molecule has 1 aromatic rings. The maximum absolute atomic E-state index is 11.0. The molecule has 3 nitrogen and oxygen atoms in total. The van der Waals surface area contributed by atoms with Gasteiger partial charge in [-0.05, 0) is 31.4 Å². The summed E-state index contributed by atoms with van der Waals surface area (Å²) in [5.41, 5.74) is 1.74. The number of hydrogen-bond donors (Lipinski definition) is 1. The molecule has 0 spiro atoms. The zero-order chi connectivity index (χ0) is 12.6. The van der Waals surface area contributed by atoms with Gasteiger partial charge >= 0.3 is 5.97 Å². The molecule has 0 heterocycles. The van der Waals surface area contributed by atoms with Gasteiger partial charge in [0.25, 0.3) is 0 Å². The number of halogens is 1. The van der Waals surface area contributed by atoms with Crippen LogP contribution in [0.25, 0.3) is 0 Å². The lowest BCUT2D eigenvalue weighted by Gasteiger charge is -2.20. The molecule has 0 saturated heterocycles. The van der Waals surface area contributed by atoms with Crippen LogP contribution in [0, 0.1) is 6.92 Å². The summed E-state index contributed by atoms with van der Waals surface area (Å²) < 4.78 is 5.34. The van der Waals surface area contributed by atoms with E-state index < -0.39 is 5.97 Å². The number of aliphatic carboxylic acids is 1. The van der Waals surface area contributed by atoms with Gasteiger partial charge in [0.05, 0.1) is 18.6 Å². The van der Waals surface area contributed by atoms with Crippen LogP contribution < -0.4 is 4.74 Å². The van der Waals surface area contributed by atoms with Crippen LogP contribution in [-0.2, 0) is 10.2 Å². The van der Waals surface area contributed by atoms with E-state index in [1.165, 1.54) is 0 Å². The fraction of sp³-hybridized carbons (Fsp3) is 0.462. The molecular weight excluding hydrogens is 240 g/mol. The van der Waals surface area contributed by atoms with Gasteiger partial charge in [-0.3, -0.25) is 4.79 Å². The van der Waals surface area contributed by atoms with Crippen LogP contribution in [0.4, 0.5) is 0 Å². The lowest BCUT2D eigenvalue weighted by molar-refractivity contribution is -0.137. The SMILES string of the molecule is COc1c(Cl)ccc(C)c1C1(CC(=O)O)CC1. The molecule has 1 aliphatic carbocycles. The molecule has 0 aromatic heterocycles. The van der Waals surface area contributed by atoms with Gasteiger partial charge in [0, 0.05) is 11.0 Å². The highest BCUT2D eigenvalue weighted by molar-refractivity contribution is 6.32. The molecule has 92 valence electrons. The number of carbonyl (C=O) groups is 1. The smallest absolute Gasteiger partial charge is 0.304 e. The molecule has 17 heavy (non-hydrogen) atoms. The Balaban J connectivity index is 2.51. The largest absolute Gasteiger partial charge is 0.495 e. The molecule has 0 aliphatic heterocycles. The maximum atomic E-state index is 11.0. The van der Waals surface area contributed by atoms with Crippen molar-refractivity contribution in [1.29, 1.82) is 0 Å². The second-order valence-electron chi connectivity index (χ2n) is 4.62. The number of benzene rings is 1. The molecule has 1 fully saturated rings. The summed E-state index contributed by atoms with van der Waals surface area (Å²) in [5, 5.41) is 9.55. The third-order valence-corrected chi connectivity index (χ3v) is 3.69. The van der Waals surface area contributed by atoms with E-state index in [0.717, 1.165) is 24.0 Å². The Morgan fingerprint density at radius 2 is 2.18 bits per heavy atom. The molecule has 0 bridgehead atoms. The molecule has 1 saturated carbocycles. The van der Waals surface area contributed by atoms with E-state index >= 15 is 0 Å². The summed E-state index contributed by atoms with van der Waals surface area (Å²) in [7, 11) is 1.57. The van der Waals surface area contributed by atoms with Crippen molar-refractivity contribution in [1.82, 2.24) is 0 Å². The van der Waals surface area contributed by atoms with Gasteiger partial charge in [-0.25, -0.2) is 0 Å². The summed E-state index contributed by atoms with van der Waals surface area (Å²) in [4.78, 5) is 11.0. The van der Waals surface area contributed by atoms with E-state index in [1.807, 2.05) is 13.0 Å². The molecule has 0 radical (unpaired) electrons. The zero-order valence-electron chi connectivity index (χ0n) is 9.92. The third-order valence-electron chi connectivity index (χ3n) is 3.40. The quantitative estimate of drug-likeness (QED) is 0.898. The van der Waals surface area contributed by atoms with Crippen LogP contribution in [0.1, 0.15) is 30.4 Å². The van der Waals surface area contributed by atoms with E-state index in [2.05, 4.69) is 0 Å². The van der Waals surface area contributed by atoms with Crippen molar-refractivity contribution in [3.05, 3.63) is 28.3 Å². The van der Waals surface area contributed by atoms with E-state index in [9.17, 15) is 4.79 Å². The summed E-state index contributed by atoms with van der Waals surface area (Å²) in [6.07, 6.45) is 1.91. The first kappa shape index (κ1) is 12.2. The van der Waals surface area contributed by atoms with E-state index in [-0.39, 0.29) is 11.8 Å². The van der Waals surface area contributed by atoms with Crippen molar-refractivity contribution in [2.75, 3.05) is 7.11 Å². The Morgan fingerprint density at radius 1 is 1.53 bits per heavy atom. The van der Waals surface area contributed by atoms with Gasteiger partial charge in [0.2, 0.25) is 0 Å². The Morgan fingerprint density at radius 3 is 2.65 bits per heavy atom. The summed E-state index contributed by atoms with van der Waals surface area (Å²) in [6.45, 7) is 1.97. The number of aryl methyl sites for hydroxylation is 1. The van der Waals surface area contributed by atoms with E-state index in [4.69, 9.17) is 21.4 Å². The van der Waals surface area contributed by atoms with Crippen molar-refractivity contribution in [3.63, 3.8) is 0 Å². The molecule has 0 atom stereocenters. The Bertz CT molecular complexity index is 464. The van der Waals surface area contributed by atoms with Gasteiger partial charge in [-0.2, -0.15) is 0 Å². The summed E-state index contributed by atoms with van der Waals surface area (Å²) >= 11 is 6.10. The van der Waals surface area contributed by atoms with Crippen LogP contribution in [0.15, 0.2) is 12.1 Å². The highest BCUT2D eigenvalue weighted by Crippen LogP contribution is 2.56. The van der Waals surface area contributed by atoms with Crippen LogP contribution in [0.5, 0.6) is 5.75 Å². The fourth-order valence-corrected chi connectivity index (χ4v) is 2.70. The molecule has 1 aromatic carbocycles. The monoisotopic (exact) mass is 254 g/mol. The maximum Gasteiger partial charge on any atom is 0.304 e. The summed E-state index contributed by atoms with van der Waals surface area (Å²) in [5.74, 6) is -0.144.